The maximum Gasteiger partial charge on any atom is 0.322 e. The monoisotopic (exact) mass is 473 g/mol. The number of H-pyrrole nitrogens is 1. The van der Waals surface area contributed by atoms with E-state index < -0.39 is 11.8 Å². The number of carbonyl (C=O) groups excluding carboxylic acids is 1. The highest BCUT2D eigenvalue weighted by molar-refractivity contribution is 5.89. The Morgan fingerprint density at radius 1 is 1.06 bits per heavy atom. The topological polar surface area (TPSA) is 74.4 Å². The number of aromatic nitrogens is 1. The van der Waals surface area contributed by atoms with E-state index in [1.165, 1.54) is 17.0 Å². The van der Waals surface area contributed by atoms with Gasteiger partial charge in [0, 0.05) is 23.0 Å². The molecule has 3 aromatic carbocycles. The van der Waals surface area contributed by atoms with E-state index in [9.17, 15) is 14.0 Å². The van der Waals surface area contributed by atoms with Crippen LogP contribution >= 0.6 is 0 Å². The Hall–Kier alpha value is -4.13. The molecule has 1 aromatic heterocycles. The van der Waals surface area contributed by atoms with Crippen LogP contribution in [0.2, 0.25) is 0 Å². The lowest BCUT2D eigenvalue weighted by Crippen LogP contribution is -2.37. The number of urea groups is 1. The number of aromatic amines is 1. The molecular weight excluding hydrogens is 445 g/mol. The number of hydrogen-bond acceptors (Lipinski definition) is 3. The van der Waals surface area contributed by atoms with Gasteiger partial charge in [-0.05, 0) is 62.2 Å². The van der Waals surface area contributed by atoms with Crippen LogP contribution in [0.3, 0.4) is 0 Å². The summed E-state index contributed by atoms with van der Waals surface area (Å²) in [6, 6.07) is 20.8. The minimum atomic E-state index is -0.522. The number of ether oxygens (including phenoxy) is 1. The van der Waals surface area contributed by atoms with Crippen LogP contribution in [-0.2, 0) is 13.0 Å². The normalized spacial score (nSPS) is 10.8. The first-order chi connectivity index (χ1) is 16.9. The number of nitrogens with one attached hydrogen (secondary N) is 2. The van der Waals surface area contributed by atoms with E-state index in [1.54, 1.807) is 30.3 Å². The average molecular weight is 474 g/mol. The molecule has 4 rings (SSSR count). The zero-order valence-corrected chi connectivity index (χ0v) is 19.8. The van der Waals surface area contributed by atoms with Crippen molar-refractivity contribution in [1.82, 2.24) is 9.88 Å². The first-order valence-electron chi connectivity index (χ1n) is 11.6. The lowest BCUT2D eigenvalue weighted by molar-refractivity contribution is 0.209. The summed E-state index contributed by atoms with van der Waals surface area (Å²) in [6.07, 6.45) is 0.590. The molecule has 0 saturated heterocycles. The number of rotatable bonds is 8. The number of halogens is 1. The second-order valence-corrected chi connectivity index (χ2v) is 8.38. The molecule has 180 valence electrons. The summed E-state index contributed by atoms with van der Waals surface area (Å²) < 4.78 is 19.8. The highest BCUT2D eigenvalue weighted by Gasteiger charge is 2.18. The van der Waals surface area contributed by atoms with E-state index in [0.717, 1.165) is 16.5 Å². The van der Waals surface area contributed by atoms with Crippen molar-refractivity contribution >= 4 is 22.6 Å². The van der Waals surface area contributed by atoms with E-state index >= 15 is 0 Å². The van der Waals surface area contributed by atoms with Gasteiger partial charge in [-0.25, -0.2) is 9.18 Å². The number of carbonyl (C=O) groups is 1. The van der Waals surface area contributed by atoms with Gasteiger partial charge in [-0.3, -0.25) is 4.79 Å². The molecule has 0 spiro atoms. The zero-order chi connectivity index (χ0) is 24.8. The van der Waals surface area contributed by atoms with Crippen molar-refractivity contribution in [3.8, 4) is 5.75 Å². The summed E-state index contributed by atoms with van der Waals surface area (Å²) in [7, 11) is 0. The van der Waals surface area contributed by atoms with Gasteiger partial charge in [-0.15, -0.1) is 0 Å². The molecule has 0 saturated carbocycles. The fourth-order valence-corrected chi connectivity index (χ4v) is 3.95. The van der Waals surface area contributed by atoms with E-state index in [4.69, 9.17) is 4.74 Å². The maximum absolute atomic E-state index is 14.2. The number of hydrogen-bond donors (Lipinski definition) is 2. The molecule has 0 aliphatic heterocycles. The predicted octanol–water partition coefficient (Wildman–Crippen LogP) is 5.65. The van der Waals surface area contributed by atoms with Crippen molar-refractivity contribution in [2.75, 3.05) is 18.5 Å². The first-order valence-corrected chi connectivity index (χ1v) is 11.6. The van der Waals surface area contributed by atoms with E-state index in [1.807, 2.05) is 38.1 Å². The van der Waals surface area contributed by atoms with Crippen LogP contribution in [0.4, 0.5) is 14.9 Å². The molecule has 4 aromatic rings. The van der Waals surface area contributed by atoms with E-state index in [2.05, 4.69) is 16.4 Å². The Balaban J connectivity index is 1.62. The van der Waals surface area contributed by atoms with Gasteiger partial charge in [0.15, 0.2) is 0 Å². The predicted molar refractivity (Wildman–Crippen MR) is 136 cm³/mol. The standard InChI is InChI=1S/C28H28FN3O3/c1-3-35-23-11-12-25-21(17-23)16-22(27(33)30-25)18-32(14-13-20-8-6-7-19(2)15-20)28(34)31-26-10-5-4-9-24(26)29/h4-12,15-17H,3,13-14,18H2,1-2H3,(H,30,33)(H,31,34). The molecule has 0 fully saturated rings. The third-order valence-corrected chi connectivity index (χ3v) is 5.72. The molecule has 1 heterocycles. The lowest BCUT2D eigenvalue weighted by atomic mass is 10.1. The van der Waals surface area contributed by atoms with Crippen LogP contribution in [0.15, 0.2) is 77.6 Å². The summed E-state index contributed by atoms with van der Waals surface area (Å²) >= 11 is 0. The van der Waals surface area contributed by atoms with Crippen LogP contribution < -0.4 is 15.6 Å². The van der Waals surface area contributed by atoms with Gasteiger partial charge >= 0.3 is 6.03 Å². The summed E-state index contributed by atoms with van der Waals surface area (Å²) in [5, 5.41) is 3.44. The van der Waals surface area contributed by atoms with Gasteiger partial charge < -0.3 is 19.9 Å². The van der Waals surface area contributed by atoms with Crippen LogP contribution in [0.5, 0.6) is 5.75 Å². The molecule has 0 atom stereocenters. The van der Waals surface area contributed by atoms with Crippen molar-refractivity contribution in [3.05, 3.63) is 106 Å². The summed E-state index contributed by atoms with van der Waals surface area (Å²) in [5.41, 5.74) is 3.12. The Labute approximate surface area is 203 Å². The number of aryl methyl sites for hydroxylation is 1. The summed E-state index contributed by atoms with van der Waals surface area (Å²) in [5.74, 6) is 0.179. The Morgan fingerprint density at radius 3 is 2.66 bits per heavy atom. The van der Waals surface area contributed by atoms with Gasteiger partial charge in [-0.2, -0.15) is 0 Å². The van der Waals surface area contributed by atoms with Crippen molar-refractivity contribution in [2.24, 2.45) is 0 Å². The third kappa shape index (κ3) is 6.06. The van der Waals surface area contributed by atoms with E-state index in [0.29, 0.717) is 36.4 Å². The van der Waals surface area contributed by atoms with Crippen LogP contribution in [0, 0.1) is 12.7 Å². The van der Waals surface area contributed by atoms with Gasteiger partial charge in [0.25, 0.3) is 5.56 Å². The Morgan fingerprint density at radius 2 is 1.89 bits per heavy atom. The molecule has 0 radical (unpaired) electrons. The minimum absolute atomic E-state index is 0.0657. The Bertz CT molecular complexity index is 1400. The van der Waals surface area contributed by atoms with Gasteiger partial charge in [-0.1, -0.05) is 42.0 Å². The van der Waals surface area contributed by atoms with Crippen LogP contribution in [-0.4, -0.2) is 29.1 Å². The van der Waals surface area contributed by atoms with Gasteiger partial charge in [0.2, 0.25) is 0 Å². The first kappa shape index (κ1) is 24.0. The van der Waals surface area contributed by atoms with E-state index in [-0.39, 0.29) is 17.8 Å². The number of benzene rings is 3. The largest absolute Gasteiger partial charge is 0.494 e. The number of para-hydroxylation sites is 1. The van der Waals surface area contributed by atoms with Crippen molar-refractivity contribution in [1.29, 1.82) is 0 Å². The number of amides is 2. The minimum Gasteiger partial charge on any atom is -0.494 e. The highest BCUT2D eigenvalue weighted by Crippen LogP contribution is 2.20. The van der Waals surface area contributed by atoms with Gasteiger partial charge in [0.1, 0.15) is 11.6 Å². The number of nitrogens with zero attached hydrogens (tertiary/aromatic N) is 1. The summed E-state index contributed by atoms with van der Waals surface area (Å²) in [4.78, 5) is 30.4. The lowest BCUT2D eigenvalue weighted by Gasteiger charge is -2.23. The number of anilines is 1. The van der Waals surface area contributed by atoms with Crippen molar-refractivity contribution in [2.45, 2.75) is 26.8 Å². The molecule has 6 nitrogen and oxygen atoms in total. The molecule has 7 heteroatoms. The smallest absolute Gasteiger partial charge is 0.322 e. The molecular formula is C28H28FN3O3. The Kier molecular flexibility index (Phi) is 7.45. The third-order valence-electron chi connectivity index (χ3n) is 5.72. The molecule has 35 heavy (non-hydrogen) atoms. The molecule has 2 amide bonds. The fourth-order valence-electron chi connectivity index (χ4n) is 3.95. The number of fused-ring (bicyclic) bond motifs is 1. The molecule has 0 bridgehead atoms. The zero-order valence-electron chi connectivity index (χ0n) is 19.8. The van der Waals surface area contributed by atoms with Crippen LogP contribution in [0.25, 0.3) is 10.9 Å². The second kappa shape index (κ2) is 10.9. The maximum atomic E-state index is 14.2. The second-order valence-electron chi connectivity index (χ2n) is 8.38. The van der Waals surface area contributed by atoms with Crippen molar-refractivity contribution < 1.29 is 13.9 Å². The average Bonchev–Trinajstić information content (AvgIpc) is 2.84. The fraction of sp³-hybridized carbons (Fsp3) is 0.214. The van der Waals surface area contributed by atoms with Gasteiger partial charge in [0.05, 0.1) is 18.8 Å². The SMILES string of the molecule is CCOc1ccc2[nH]c(=O)c(CN(CCc3cccc(C)c3)C(=O)Nc3ccccc3F)cc2c1. The molecule has 2 N–H and O–H groups in total. The molecule has 0 aliphatic carbocycles. The molecule has 0 aliphatic rings. The van der Waals surface area contributed by atoms with Crippen LogP contribution in [0.1, 0.15) is 23.6 Å². The van der Waals surface area contributed by atoms with Crippen molar-refractivity contribution in [3.63, 3.8) is 0 Å². The molecule has 0 unspecified atom stereocenters. The highest BCUT2D eigenvalue weighted by atomic mass is 19.1. The number of pyridine rings is 1. The summed E-state index contributed by atoms with van der Waals surface area (Å²) in [6.45, 7) is 4.86. The quantitative estimate of drug-likeness (QED) is 0.347.